The first kappa shape index (κ1) is 9.50. The highest BCUT2D eigenvalue weighted by Gasteiger charge is 2.47. The summed E-state index contributed by atoms with van der Waals surface area (Å²) in [6, 6.07) is 2.02. The van der Waals surface area contributed by atoms with Crippen LogP contribution in [0.15, 0.2) is 11.4 Å². The minimum Gasteiger partial charge on any atom is -0.393 e. The highest BCUT2D eigenvalue weighted by Crippen LogP contribution is 2.53. The van der Waals surface area contributed by atoms with E-state index in [2.05, 4.69) is 19.2 Å². The fraction of sp³-hybridized carbons (Fsp3) is 0.600. The number of halogens is 1. The fourth-order valence-corrected chi connectivity index (χ4v) is 2.92. The summed E-state index contributed by atoms with van der Waals surface area (Å²) in [5, 5.41) is 11.7. The highest BCUT2D eigenvalue weighted by molar-refractivity contribution is 7.14. The number of hydrogen-bond donors (Lipinski definition) is 1. The molecule has 1 aliphatic rings. The van der Waals surface area contributed by atoms with Crippen molar-refractivity contribution in [2.75, 3.05) is 0 Å². The Morgan fingerprint density at radius 2 is 2.31 bits per heavy atom. The van der Waals surface area contributed by atoms with Crippen molar-refractivity contribution in [2.45, 2.75) is 32.3 Å². The molecule has 0 bridgehead atoms. The zero-order valence-corrected chi connectivity index (χ0v) is 9.32. The maximum Gasteiger partial charge on any atom is 0.0931 e. The Morgan fingerprint density at radius 1 is 1.62 bits per heavy atom. The maximum absolute atomic E-state index is 9.58. The highest BCUT2D eigenvalue weighted by atomic mass is 35.5. The molecule has 2 atom stereocenters. The molecule has 1 fully saturated rings. The zero-order valence-electron chi connectivity index (χ0n) is 7.75. The normalized spacial score (nSPS) is 31.4. The van der Waals surface area contributed by atoms with E-state index in [0.717, 1.165) is 10.8 Å². The van der Waals surface area contributed by atoms with Crippen LogP contribution in [0.4, 0.5) is 0 Å². The standard InChI is InChI=1S/C10H13ClOS/c1-10(2)7(4-8(10)12)6-3-9(11)13-5-6/h3,5,7-8,12H,4H2,1-2H3. The monoisotopic (exact) mass is 216 g/mol. The van der Waals surface area contributed by atoms with Crippen LogP contribution in [-0.2, 0) is 0 Å². The predicted molar refractivity (Wildman–Crippen MR) is 56.5 cm³/mol. The lowest BCUT2D eigenvalue weighted by molar-refractivity contribution is -0.0624. The Kier molecular flexibility index (Phi) is 2.17. The van der Waals surface area contributed by atoms with Gasteiger partial charge < -0.3 is 5.11 Å². The van der Waals surface area contributed by atoms with Crippen molar-refractivity contribution < 1.29 is 5.11 Å². The minimum absolute atomic E-state index is 0.0183. The quantitative estimate of drug-likeness (QED) is 0.764. The van der Waals surface area contributed by atoms with Crippen LogP contribution >= 0.6 is 22.9 Å². The topological polar surface area (TPSA) is 20.2 Å². The Balaban J connectivity index is 2.21. The van der Waals surface area contributed by atoms with Crippen LogP contribution in [0.1, 0.15) is 31.7 Å². The number of hydrogen-bond acceptors (Lipinski definition) is 2. The summed E-state index contributed by atoms with van der Waals surface area (Å²) in [4.78, 5) is 0. The number of aliphatic hydroxyl groups excluding tert-OH is 1. The zero-order chi connectivity index (χ0) is 9.64. The molecule has 1 aliphatic carbocycles. The van der Waals surface area contributed by atoms with Crippen molar-refractivity contribution in [2.24, 2.45) is 5.41 Å². The first-order chi connectivity index (χ1) is 6.01. The minimum atomic E-state index is -0.156. The van der Waals surface area contributed by atoms with Crippen LogP contribution in [0.5, 0.6) is 0 Å². The van der Waals surface area contributed by atoms with Gasteiger partial charge in [0.2, 0.25) is 0 Å². The third-order valence-corrected chi connectivity index (χ3v) is 4.32. The molecule has 2 unspecified atom stereocenters. The fourth-order valence-electron chi connectivity index (χ4n) is 1.97. The molecule has 72 valence electrons. The average molecular weight is 217 g/mol. The van der Waals surface area contributed by atoms with Gasteiger partial charge in [-0.25, -0.2) is 0 Å². The predicted octanol–water partition coefficient (Wildman–Crippen LogP) is 3.28. The second kappa shape index (κ2) is 2.97. The van der Waals surface area contributed by atoms with Gasteiger partial charge >= 0.3 is 0 Å². The second-order valence-electron chi connectivity index (χ2n) is 4.31. The molecular weight excluding hydrogens is 204 g/mol. The molecule has 1 nitrogen and oxygen atoms in total. The van der Waals surface area contributed by atoms with Gasteiger partial charge in [0.25, 0.3) is 0 Å². The summed E-state index contributed by atoms with van der Waals surface area (Å²) in [5.74, 6) is 0.478. The first-order valence-electron chi connectivity index (χ1n) is 4.44. The van der Waals surface area contributed by atoms with Crippen LogP contribution in [0.3, 0.4) is 0 Å². The van der Waals surface area contributed by atoms with Crippen molar-refractivity contribution in [1.29, 1.82) is 0 Å². The van der Waals surface area contributed by atoms with E-state index in [-0.39, 0.29) is 11.5 Å². The summed E-state index contributed by atoms with van der Waals surface area (Å²) in [6.45, 7) is 4.22. The van der Waals surface area contributed by atoms with Crippen LogP contribution in [0.25, 0.3) is 0 Å². The Hall–Kier alpha value is -0.0500. The van der Waals surface area contributed by atoms with Gasteiger partial charge in [-0.2, -0.15) is 0 Å². The third-order valence-electron chi connectivity index (χ3n) is 3.21. The molecule has 1 N–H and O–H groups in total. The lowest BCUT2D eigenvalue weighted by Crippen LogP contribution is -2.47. The van der Waals surface area contributed by atoms with Crippen LogP contribution in [-0.4, -0.2) is 11.2 Å². The molecule has 1 saturated carbocycles. The molecule has 0 amide bonds. The van der Waals surface area contributed by atoms with Gasteiger partial charge in [0.1, 0.15) is 0 Å². The second-order valence-corrected chi connectivity index (χ2v) is 5.85. The molecule has 1 aromatic heterocycles. The van der Waals surface area contributed by atoms with E-state index >= 15 is 0 Å². The molecule has 13 heavy (non-hydrogen) atoms. The van der Waals surface area contributed by atoms with E-state index in [0.29, 0.717) is 5.92 Å². The van der Waals surface area contributed by atoms with E-state index in [1.54, 1.807) is 11.3 Å². The lowest BCUT2D eigenvalue weighted by Gasteiger charge is -2.49. The SMILES string of the molecule is CC1(C)C(O)CC1c1csc(Cl)c1. The summed E-state index contributed by atoms with van der Waals surface area (Å²) < 4.78 is 0.840. The Morgan fingerprint density at radius 3 is 2.69 bits per heavy atom. The van der Waals surface area contributed by atoms with Crippen molar-refractivity contribution in [3.05, 3.63) is 21.3 Å². The molecule has 1 heterocycles. The van der Waals surface area contributed by atoms with E-state index in [1.807, 2.05) is 6.07 Å². The van der Waals surface area contributed by atoms with Gasteiger partial charge in [-0.1, -0.05) is 25.4 Å². The van der Waals surface area contributed by atoms with Gasteiger partial charge in [-0.15, -0.1) is 11.3 Å². The molecule has 3 heteroatoms. The van der Waals surface area contributed by atoms with Gasteiger partial charge in [-0.05, 0) is 34.8 Å². The van der Waals surface area contributed by atoms with Gasteiger partial charge in [0.15, 0.2) is 0 Å². The van der Waals surface area contributed by atoms with Crippen molar-refractivity contribution in [3.8, 4) is 0 Å². The summed E-state index contributed by atoms with van der Waals surface area (Å²) >= 11 is 7.44. The van der Waals surface area contributed by atoms with Gasteiger partial charge in [0.05, 0.1) is 10.4 Å². The average Bonchev–Trinajstić information content (AvgIpc) is 2.47. The Labute approximate surface area is 87.4 Å². The van der Waals surface area contributed by atoms with Crippen LogP contribution in [0, 0.1) is 5.41 Å². The Bertz CT molecular complexity index is 318. The molecule has 1 aromatic rings. The largest absolute Gasteiger partial charge is 0.393 e. The van der Waals surface area contributed by atoms with Crippen molar-refractivity contribution in [1.82, 2.24) is 0 Å². The molecule has 0 radical (unpaired) electrons. The van der Waals surface area contributed by atoms with E-state index in [9.17, 15) is 5.11 Å². The molecule has 2 rings (SSSR count). The van der Waals surface area contributed by atoms with Crippen molar-refractivity contribution in [3.63, 3.8) is 0 Å². The number of aliphatic hydroxyl groups is 1. The summed E-state index contributed by atoms with van der Waals surface area (Å²) in [7, 11) is 0. The van der Waals surface area contributed by atoms with Crippen LogP contribution < -0.4 is 0 Å². The summed E-state index contributed by atoms with van der Waals surface area (Å²) in [6.07, 6.45) is 0.719. The molecule has 0 saturated heterocycles. The van der Waals surface area contributed by atoms with Crippen LogP contribution in [0.2, 0.25) is 4.34 Å². The molecule has 0 aliphatic heterocycles. The smallest absolute Gasteiger partial charge is 0.0931 e. The molecular formula is C10H13ClOS. The van der Waals surface area contributed by atoms with E-state index < -0.39 is 0 Å². The third kappa shape index (κ3) is 1.41. The van der Waals surface area contributed by atoms with Crippen molar-refractivity contribution >= 4 is 22.9 Å². The molecule has 0 spiro atoms. The van der Waals surface area contributed by atoms with E-state index in [4.69, 9.17) is 11.6 Å². The number of rotatable bonds is 1. The maximum atomic E-state index is 9.58. The van der Waals surface area contributed by atoms with E-state index in [1.165, 1.54) is 5.56 Å². The lowest BCUT2D eigenvalue weighted by atomic mass is 9.58. The number of thiophene rings is 1. The van der Waals surface area contributed by atoms with Gasteiger partial charge in [-0.3, -0.25) is 0 Å². The van der Waals surface area contributed by atoms with Gasteiger partial charge in [0, 0.05) is 0 Å². The molecule has 0 aromatic carbocycles. The first-order valence-corrected chi connectivity index (χ1v) is 5.69. The summed E-state index contributed by atoms with van der Waals surface area (Å²) in [5.41, 5.74) is 1.30.